The average molecular weight is 314 g/mol. The summed E-state index contributed by atoms with van der Waals surface area (Å²) in [6.07, 6.45) is 1.52. The van der Waals surface area contributed by atoms with Gasteiger partial charge in [0.1, 0.15) is 11.7 Å². The van der Waals surface area contributed by atoms with Crippen molar-refractivity contribution >= 4 is 29.2 Å². The molecule has 2 rings (SSSR count). The van der Waals surface area contributed by atoms with Crippen molar-refractivity contribution in [2.75, 3.05) is 0 Å². The molecule has 2 aromatic rings. The Balaban J connectivity index is 2.31. The first-order chi connectivity index (χ1) is 9.47. The molecule has 6 heteroatoms. The Hall–Kier alpha value is -1.65. The summed E-state index contributed by atoms with van der Waals surface area (Å²) in [4.78, 5) is 15.4. The number of hydrogen-bond acceptors (Lipinski definition) is 2. The van der Waals surface area contributed by atoms with Crippen LogP contribution in [-0.4, -0.2) is 16.1 Å². The lowest BCUT2D eigenvalue weighted by Crippen LogP contribution is -2.16. The van der Waals surface area contributed by atoms with Crippen molar-refractivity contribution in [1.82, 2.24) is 4.98 Å². The molecule has 1 aromatic heterocycles. The first-order valence-electron chi connectivity index (χ1n) is 5.75. The Morgan fingerprint density at radius 2 is 1.95 bits per heavy atom. The normalized spacial score (nSPS) is 12.2. The zero-order valence-corrected chi connectivity index (χ0v) is 11.7. The molecule has 1 heterocycles. The van der Waals surface area contributed by atoms with Gasteiger partial charge in [0, 0.05) is 6.20 Å². The zero-order valence-electron chi connectivity index (χ0n) is 10.2. The third kappa shape index (κ3) is 3.46. The van der Waals surface area contributed by atoms with Crippen LogP contribution >= 0.6 is 23.2 Å². The summed E-state index contributed by atoms with van der Waals surface area (Å²) in [7, 11) is 0. The third-order valence-corrected chi connectivity index (χ3v) is 3.33. The molecule has 104 valence electrons. The van der Waals surface area contributed by atoms with Crippen LogP contribution in [0.25, 0.3) is 0 Å². The molecule has 20 heavy (non-hydrogen) atoms. The number of carboxylic acid groups (broad SMARTS) is 1. The fourth-order valence-electron chi connectivity index (χ4n) is 1.84. The van der Waals surface area contributed by atoms with Crippen molar-refractivity contribution in [3.63, 3.8) is 0 Å². The van der Waals surface area contributed by atoms with Gasteiger partial charge >= 0.3 is 5.97 Å². The summed E-state index contributed by atoms with van der Waals surface area (Å²) in [6, 6.07) is 7.09. The van der Waals surface area contributed by atoms with Crippen LogP contribution in [0.3, 0.4) is 0 Å². The standard InChI is InChI=1S/C14H10Cl2FNO2/c15-9-6-12(16)13(18-7-9)11(14(19)20)5-8-1-3-10(17)4-2-8/h1-4,6-7,11H,5H2,(H,19,20). The quantitative estimate of drug-likeness (QED) is 0.930. The lowest BCUT2D eigenvalue weighted by atomic mass is 9.95. The van der Waals surface area contributed by atoms with Crippen molar-refractivity contribution in [3.8, 4) is 0 Å². The highest BCUT2D eigenvalue weighted by Gasteiger charge is 2.24. The summed E-state index contributed by atoms with van der Waals surface area (Å²) >= 11 is 11.7. The van der Waals surface area contributed by atoms with E-state index < -0.39 is 11.9 Å². The van der Waals surface area contributed by atoms with Gasteiger partial charge in [-0.3, -0.25) is 9.78 Å². The summed E-state index contributed by atoms with van der Waals surface area (Å²) in [5, 5.41) is 9.87. The summed E-state index contributed by atoms with van der Waals surface area (Å²) in [5.74, 6) is -2.33. The Labute approximate surface area is 125 Å². The van der Waals surface area contributed by atoms with Gasteiger partial charge in [-0.1, -0.05) is 35.3 Å². The molecule has 0 saturated heterocycles. The van der Waals surface area contributed by atoms with Gasteiger partial charge < -0.3 is 5.11 Å². The summed E-state index contributed by atoms with van der Waals surface area (Å²) in [5.41, 5.74) is 0.930. The number of hydrogen-bond donors (Lipinski definition) is 1. The number of halogens is 3. The van der Waals surface area contributed by atoms with Crippen LogP contribution in [0.4, 0.5) is 4.39 Å². The molecule has 0 aliphatic carbocycles. The molecule has 1 aromatic carbocycles. The van der Waals surface area contributed by atoms with Gasteiger partial charge in [0.25, 0.3) is 0 Å². The van der Waals surface area contributed by atoms with Gasteiger partial charge in [-0.25, -0.2) is 4.39 Å². The minimum Gasteiger partial charge on any atom is -0.481 e. The second-order valence-electron chi connectivity index (χ2n) is 4.24. The highest BCUT2D eigenvalue weighted by Crippen LogP contribution is 2.28. The van der Waals surface area contributed by atoms with Gasteiger partial charge in [-0.2, -0.15) is 0 Å². The topological polar surface area (TPSA) is 50.2 Å². The molecule has 0 aliphatic heterocycles. The summed E-state index contributed by atoms with van der Waals surface area (Å²) in [6.45, 7) is 0. The van der Waals surface area contributed by atoms with Gasteiger partial charge in [0.05, 0.1) is 15.7 Å². The maximum atomic E-state index is 12.8. The fraction of sp³-hybridized carbons (Fsp3) is 0.143. The van der Waals surface area contributed by atoms with Crippen LogP contribution in [-0.2, 0) is 11.2 Å². The highest BCUT2D eigenvalue weighted by atomic mass is 35.5. The van der Waals surface area contributed by atoms with E-state index in [2.05, 4.69) is 4.98 Å². The minimum atomic E-state index is -1.05. The molecule has 1 unspecified atom stereocenters. The molecule has 1 N–H and O–H groups in total. The predicted octanol–water partition coefficient (Wildman–Crippen LogP) is 3.94. The van der Waals surface area contributed by atoms with Crippen molar-refractivity contribution in [3.05, 3.63) is 63.6 Å². The smallest absolute Gasteiger partial charge is 0.312 e. The Morgan fingerprint density at radius 3 is 2.50 bits per heavy atom. The molecule has 0 amide bonds. The van der Waals surface area contributed by atoms with E-state index in [9.17, 15) is 14.3 Å². The molecule has 0 aliphatic rings. The van der Waals surface area contributed by atoms with Crippen LogP contribution in [0.2, 0.25) is 10.0 Å². The lowest BCUT2D eigenvalue weighted by molar-refractivity contribution is -0.138. The second kappa shape index (κ2) is 6.20. The largest absolute Gasteiger partial charge is 0.481 e. The maximum absolute atomic E-state index is 12.8. The molecule has 0 radical (unpaired) electrons. The monoisotopic (exact) mass is 313 g/mol. The van der Waals surface area contributed by atoms with E-state index in [1.807, 2.05) is 0 Å². The van der Waals surface area contributed by atoms with Gasteiger partial charge in [0.2, 0.25) is 0 Å². The number of carboxylic acids is 1. The van der Waals surface area contributed by atoms with E-state index in [0.29, 0.717) is 10.6 Å². The Kier molecular flexibility index (Phi) is 4.57. The van der Waals surface area contributed by atoms with E-state index in [0.717, 1.165) is 0 Å². The molecular formula is C14H10Cl2FNO2. The molecule has 3 nitrogen and oxygen atoms in total. The van der Waals surface area contributed by atoms with E-state index in [1.54, 1.807) is 0 Å². The number of nitrogens with zero attached hydrogens (tertiary/aromatic N) is 1. The number of aliphatic carboxylic acids is 1. The zero-order chi connectivity index (χ0) is 14.7. The average Bonchev–Trinajstić information content (AvgIpc) is 2.39. The van der Waals surface area contributed by atoms with Gasteiger partial charge in [-0.05, 0) is 30.2 Å². The van der Waals surface area contributed by atoms with Crippen molar-refractivity contribution < 1.29 is 14.3 Å². The first kappa shape index (κ1) is 14.8. The summed E-state index contributed by atoms with van der Waals surface area (Å²) < 4.78 is 12.8. The first-order valence-corrected chi connectivity index (χ1v) is 6.51. The minimum absolute atomic E-state index is 0.171. The highest BCUT2D eigenvalue weighted by molar-refractivity contribution is 6.34. The van der Waals surface area contributed by atoms with E-state index in [4.69, 9.17) is 23.2 Å². The van der Waals surface area contributed by atoms with Crippen molar-refractivity contribution in [1.29, 1.82) is 0 Å². The third-order valence-electron chi connectivity index (χ3n) is 2.82. The number of aromatic nitrogens is 1. The molecular weight excluding hydrogens is 304 g/mol. The molecule has 0 fully saturated rings. The van der Waals surface area contributed by atoms with Crippen LogP contribution in [0.1, 0.15) is 17.2 Å². The van der Waals surface area contributed by atoms with Crippen LogP contribution in [0.15, 0.2) is 36.5 Å². The number of carbonyl (C=O) groups is 1. The molecule has 0 spiro atoms. The van der Waals surface area contributed by atoms with E-state index >= 15 is 0 Å². The van der Waals surface area contributed by atoms with E-state index in [1.165, 1.54) is 36.5 Å². The predicted molar refractivity (Wildman–Crippen MR) is 74.7 cm³/mol. The van der Waals surface area contributed by atoms with Gasteiger partial charge in [0.15, 0.2) is 0 Å². The Bertz CT molecular complexity index is 632. The SMILES string of the molecule is O=C(O)C(Cc1ccc(F)cc1)c1ncc(Cl)cc1Cl. The van der Waals surface area contributed by atoms with Crippen LogP contribution in [0.5, 0.6) is 0 Å². The number of pyridine rings is 1. The van der Waals surface area contributed by atoms with Crippen LogP contribution < -0.4 is 0 Å². The van der Waals surface area contributed by atoms with Crippen molar-refractivity contribution in [2.24, 2.45) is 0 Å². The van der Waals surface area contributed by atoms with E-state index in [-0.39, 0.29) is 23.0 Å². The number of benzene rings is 1. The lowest BCUT2D eigenvalue weighted by Gasteiger charge is -2.13. The van der Waals surface area contributed by atoms with Crippen molar-refractivity contribution in [2.45, 2.75) is 12.3 Å². The maximum Gasteiger partial charge on any atom is 0.312 e. The van der Waals surface area contributed by atoms with Gasteiger partial charge in [-0.15, -0.1) is 0 Å². The number of rotatable bonds is 4. The Morgan fingerprint density at radius 1 is 1.30 bits per heavy atom. The van der Waals surface area contributed by atoms with Crippen LogP contribution in [0, 0.1) is 5.82 Å². The molecule has 1 atom stereocenters. The second-order valence-corrected chi connectivity index (χ2v) is 5.09. The fourth-order valence-corrected chi connectivity index (χ4v) is 2.35. The molecule has 0 bridgehead atoms. The molecule has 0 saturated carbocycles.